The second-order valence-corrected chi connectivity index (χ2v) is 8.84. The molecule has 0 saturated carbocycles. The van der Waals surface area contributed by atoms with Crippen LogP contribution in [0.15, 0.2) is 72.9 Å². The van der Waals surface area contributed by atoms with Crippen LogP contribution in [-0.4, -0.2) is 43.1 Å². The summed E-state index contributed by atoms with van der Waals surface area (Å²) < 4.78 is 0. The summed E-state index contributed by atoms with van der Waals surface area (Å²) >= 11 is 0. The molecule has 164 valence electrons. The lowest BCUT2D eigenvalue weighted by Gasteiger charge is -2.49. The molecule has 5 heteroatoms. The van der Waals surface area contributed by atoms with Crippen molar-refractivity contribution >= 4 is 17.3 Å². The van der Waals surface area contributed by atoms with Gasteiger partial charge in [-0.15, -0.1) is 0 Å². The van der Waals surface area contributed by atoms with E-state index in [0.717, 1.165) is 38.2 Å². The number of aromatic nitrogens is 1. The maximum absolute atomic E-state index is 13.4. The zero-order chi connectivity index (χ0) is 21.9. The van der Waals surface area contributed by atoms with E-state index < -0.39 is 0 Å². The Kier molecular flexibility index (Phi) is 5.80. The molecule has 1 fully saturated rings. The molecule has 5 rings (SSSR count). The molecule has 1 N–H and O–H groups in total. The summed E-state index contributed by atoms with van der Waals surface area (Å²) in [5.74, 6) is 0.0815. The first-order chi connectivity index (χ1) is 15.7. The highest BCUT2D eigenvalue weighted by molar-refractivity contribution is 5.82. The highest BCUT2D eigenvalue weighted by atomic mass is 16.1. The summed E-state index contributed by atoms with van der Waals surface area (Å²) in [6.07, 6.45) is 3.34. The standard InChI is InChI=1S/C27H30N4O/c1-20-9-11-23(12-10-20)30-16-17-31-25-8-3-2-6-21(25)18-24(26(31)19-30)27(32)29-15-13-22-7-4-5-14-28-22/h2-12,14,24,26H,13,15-19H2,1H3,(H,29,32). The molecule has 1 amide bonds. The van der Waals surface area contributed by atoms with E-state index in [-0.39, 0.29) is 17.9 Å². The predicted octanol–water partition coefficient (Wildman–Crippen LogP) is 3.62. The predicted molar refractivity (Wildman–Crippen MR) is 129 cm³/mol. The monoisotopic (exact) mass is 426 g/mol. The molecule has 0 aliphatic carbocycles. The Bertz CT molecular complexity index is 1070. The normalized spacial score (nSPS) is 19.8. The number of para-hydroxylation sites is 1. The van der Waals surface area contributed by atoms with E-state index in [2.05, 4.69) is 75.6 Å². The van der Waals surface area contributed by atoms with Crippen molar-refractivity contribution < 1.29 is 4.79 Å². The molecule has 2 atom stereocenters. The second kappa shape index (κ2) is 9.03. The number of hydrogen-bond acceptors (Lipinski definition) is 4. The summed E-state index contributed by atoms with van der Waals surface area (Å²) in [6, 6.07) is 23.4. The van der Waals surface area contributed by atoms with Gasteiger partial charge in [-0.3, -0.25) is 9.78 Å². The van der Waals surface area contributed by atoms with Crippen LogP contribution in [0.2, 0.25) is 0 Å². The Morgan fingerprint density at radius 1 is 1.03 bits per heavy atom. The van der Waals surface area contributed by atoms with Gasteiger partial charge in [0.05, 0.1) is 12.0 Å². The number of piperazine rings is 1. The van der Waals surface area contributed by atoms with Gasteiger partial charge in [0.25, 0.3) is 0 Å². The topological polar surface area (TPSA) is 48.5 Å². The minimum absolute atomic E-state index is 0.0677. The van der Waals surface area contributed by atoms with Gasteiger partial charge in [-0.2, -0.15) is 0 Å². The summed E-state index contributed by atoms with van der Waals surface area (Å²) in [7, 11) is 0. The first-order valence-corrected chi connectivity index (χ1v) is 11.5. The fraction of sp³-hybridized carbons (Fsp3) is 0.333. The third-order valence-electron chi connectivity index (χ3n) is 6.77. The van der Waals surface area contributed by atoms with Crippen LogP contribution in [0, 0.1) is 12.8 Å². The van der Waals surface area contributed by atoms with Crippen molar-refractivity contribution in [2.75, 3.05) is 36.0 Å². The lowest BCUT2D eigenvalue weighted by molar-refractivity contribution is -0.125. The van der Waals surface area contributed by atoms with Crippen molar-refractivity contribution in [1.82, 2.24) is 10.3 Å². The fourth-order valence-corrected chi connectivity index (χ4v) is 5.04. The summed E-state index contributed by atoms with van der Waals surface area (Å²) in [5, 5.41) is 3.20. The molecule has 1 saturated heterocycles. The van der Waals surface area contributed by atoms with Gasteiger partial charge >= 0.3 is 0 Å². The van der Waals surface area contributed by atoms with Gasteiger partial charge in [0.2, 0.25) is 5.91 Å². The summed E-state index contributed by atoms with van der Waals surface area (Å²) in [4.78, 5) is 22.6. The number of nitrogens with one attached hydrogen (secondary N) is 1. The number of amides is 1. The molecule has 0 bridgehead atoms. The van der Waals surface area contributed by atoms with Crippen LogP contribution in [0.4, 0.5) is 11.4 Å². The smallest absolute Gasteiger partial charge is 0.225 e. The number of pyridine rings is 1. The minimum Gasteiger partial charge on any atom is -0.368 e. The highest BCUT2D eigenvalue weighted by Crippen LogP contribution is 2.36. The number of benzene rings is 2. The third kappa shape index (κ3) is 4.20. The first kappa shape index (κ1) is 20.6. The molecular formula is C27H30N4O. The molecular weight excluding hydrogens is 396 g/mol. The SMILES string of the molecule is Cc1ccc(N2CCN3c4ccccc4CC(C(=O)NCCc4ccccn4)C3C2)cc1. The van der Waals surface area contributed by atoms with E-state index in [1.807, 2.05) is 18.2 Å². The van der Waals surface area contributed by atoms with Gasteiger partial charge in [-0.25, -0.2) is 0 Å². The maximum Gasteiger partial charge on any atom is 0.225 e. The van der Waals surface area contributed by atoms with E-state index in [0.29, 0.717) is 6.54 Å². The van der Waals surface area contributed by atoms with E-state index >= 15 is 0 Å². The number of carbonyl (C=O) groups is 1. The van der Waals surface area contributed by atoms with Crippen molar-refractivity contribution in [2.24, 2.45) is 5.92 Å². The number of nitrogens with zero attached hydrogens (tertiary/aromatic N) is 3. The lowest BCUT2D eigenvalue weighted by Crippen LogP contribution is -2.61. The Hall–Kier alpha value is -3.34. The van der Waals surface area contributed by atoms with E-state index in [9.17, 15) is 4.79 Å². The van der Waals surface area contributed by atoms with Crippen molar-refractivity contribution in [2.45, 2.75) is 25.8 Å². The number of fused-ring (bicyclic) bond motifs is 3. The van der Waals surface area contributed by atoms with Crippen LogP contribution in [0.3, 0.4) is 0 Å². The number of anilines is 2. The van der Waals surface area contributed by atoms with Crippen LogP contribution < -0.4 is 15.1 Å². The molecule has 2 aromatic carbocycles. The molecule has 3 aromatic rings. The number of rotatable bonds is 5. The molecule has 5 nitrogen and oxygen atoms in total. The number of aryl methyl sites for hydroxylation is 1. The van der Waals surface area contributed by atoms with Crippen molar-refractivity contribution in [3.63, 3.8) is 0 Å². The van der Waals surface area contributed by atoms with Crippen LogP contribution in [0.25, 0.3) is 0 Å². The third-order valence-corrected chi connectivity index (χ3v) is 6.77. The number of hydrogen-bond donors (Lipinski definition) is 1. The molecule has 2 unspecified atom stereocenters. The zero-order valence-electron chi connectivity index (χ0n) is 18.6. The van der Waals surface area contributed by atoms with Gasteiger partial charge in [0.1, 0.15) is 0 Å². The molecule has 3 heterocycles. The number of carbonyl (C=O) groups excluding carboxylic acids is 1. The van der Waals surface area contributed by atoms with Crippen LogP contribution >= 0.6 is 0 Å². The van der Waals surface area contributed by atoms with Gasteiger partial charge in [0, 0.05) is 55.9 Å². The Morgan fingerprint density at radius 2 is 1.84 bits per heavy atom. The average molecular weight is 427 g/mol. The molecule has 2 aliphatic rings. The maximum atomic E-state index is 13.4. The summed E-state index contributed by atoms with van der Waals surface area (Å²) in [6.45, 7) is 5.47. The molecule has 0 radical (unpaired) electrons. The largest absolute Gasteiger partial charge is 0.368 e. The van der Waals surface area contributed by atoms with E-state index in [1.54, 1.807) is 6.20 Å². The van der Waals surface area contributed by atoms with Crippen LogP contribution in [0.1, 0.15) is 16.8 Å². The zero-order valence-corrected chi connectivity index (χ0v) is 18.6. The minimum atomic E-state index is -0.0677. The van der Waals surface area contributed by atoms with Crippen LogP contribution in [0.5, 0.6) is 0 Å². The van der Waals surface area contributed by atoms with Gasteiger partial charge in [0.15, 0.2) is 0 Å². The van der Waals surface area contributed by atoms with Gasteiger partial charge in [-0.1, -0.05) is 42.0 Å². The molecule has 0 spiro atoms. The average Bonchev–Trinajstić information content (AvgIpc) is 2.84. The fourth-order valence-electron chi connectivity index (χ4n) is 5.04. The Labute approximate surface area is 190 Å². The summed E-state index contributed by atoms with van der Waals surface area (Å²) in [5.41, 5.74) is 6.08. The van der Waals surface area contributed by atoms with Crippen molar-refractivity contribution in [3.8, 4) is 0 Å². The lowest BCUT2D eigenvalue weighted by atomic mass is 9.83. The van der Waals surface area contributed by atoms with E-state index in [4.69, 9.17) is 0 Å². The molecule has 2 aliphatic heterocycles. The Morgan fingerprint density at radius 3 is 2.66 bits per heavy atom. The van der Waals surface area contributed by atoms with Crippen molar-refractivity contribution in [1.29, 1.82) is 0 Å². The van der Waals surface area contributed by atoms with Crippen LogP contribution in [-0.2, 0) is 17.6 Å². The molecule has 32 heavy (non-hydrogen) atoms. The molecule has 1 aromatic heterocycles. The van der Waals surface area contributed by atoms with E-state index in [1.165, 1.54) is 22.5 Å². The van der Waals surface area contributed by atoms with Gasteiger partial charge < -0.3 is 15.1 Å². The quantitative estimate of drug-likeness (QED) is 0.677. The highest BCUT2D eigenvalue weighted by Gasteiger charge is 2.41. The van der Waals surface area contributed by atoms with Gasteiger partial charge in [-0.05, 0) is 49.2 Å². The first-order valence-electron chi connectivity index (χ1n) is 11.5. The van der Waals surface area contributed by atoms with Crippen molar-refractivity contribution in [3.05, 3.63) is 89.7 Å². The second-order valence-electron chi connectivity index (χ2n) is 8.84. The Balaban J connectivity index is 1.34.